The lowest BCUT2D eigenvalue weighted by Crippen LogP contribution is -2.12. The van der Waals surface area contributed by atoms with Crippen LogP contribution >= 0.6 is 11.3 Å². The summed E-state index contributed by atoms with van der Waals surface area (Å²) in [5.74, 6) is 1.49. The first-order valence-corrected chi connectivity index (χ1v) is 11.1. The first-order chi connectivity index (χ1) is 16.4. The number of ketones is 1. The van der Waals surface area contributed by atoms with Gasteiger partial charge in [0.05, 0.1) is 7.11 Å². The second-order valence-electron chi connectivity index (χ2n) is 7.52. The predicted molar refractivity (Wildman–Crippen MR) is 130 cm³/mol. The van der Waals surface area contributed by atoms with Gasteiger partial charge < -0.3 is 14.2 Å². The lowest BCUT2D eigenvalue weighted by Gasteiger charge is -2.10. The van der Waals surface area contributed by atoms with E-state index in [0.717, 1.165) is 21.2 Å². The smallest absolute Gasteiger partial charge is 0.419 e. The summed E-state index contributed by atoms with van der Waals surface area (Å²) in [5, 5.41) is 3.21. The summed E-state index contributed by atoms with van der Waals surface area (Å²) in [6, 6.07) is 17.8. The quantitative estimate of drug-likeness (QED) is 0.193. The first kappa shape index (κ1) is 23.0. The summed E-state index contributed by atoms with van der Waals surface area (Å²) in [4.78, 5) is 35.7. The molecule has 0 atom stereocenters. The number of fused-ring (bicyclic) bond motifs is 1. The molecule has 0 saturated carbocycles. The van der Waals surface area contributed by atoms with Crippen LogP contribution in [0.3, 0.4) is 0 Å². The van der Waals surface area contributed by atoms with E-state index in [2.05, 4.69) is 10.1 Å². The number of hydrogen-bond donors (Lipinski definition) is 1. The van der Waals surface area contributed by atoms with Crippen molar-refractivity contribution in [3.05, 3.63) is 82.2 Å². The highest BCUT2D eigenvalue weighted by atomic mass is 32.1. The third kappa shape index (κ3) is 4.77. The van der Waals surface area contributed by atoms with Gasteiger partial charge in [-0.25, -0.2) is 4.79 Å². The molecule has 1 N–H and O–H groups in total. The van der Waals surface area contributed by atoms with Gasteiger partial charge >= 0.3 is 12.6 Å². The van der Waals surface area contributed by atoms with Gasteiger partial charge in [0.2, 0.25) is 5.78 Å². The van der Waals surface area contributed by atoms with Gasteiger partial charge in [0.25, 0.3) is 0 Å². The van der Waals surface area contributed by atoms with Crippen molar-refractivity contribution >= 4 is 45.5 Å². The molecule has 0 aliphatic carbocycles. The van der Waals surface area contributed by atoms with Crippen LogP contribution in [0.4, 0.5) is 10.5 Å². The van der Waals surface area contributed by atoms with Crippen molar-refractivity contribution in [3.8, 4) is 17.2 Å². The topological polar surface area (TPSA) is 90.9 Å². The summed E-state index contributed by atoms with van der Waals surface area (Å²) in [6.07, 6.45) is -0.886. The van der Waals surface area contributed by atoms with Crippen molar-refractivity contribution in [3.63, 3.8) is 0 Å². The molecule has 1 heterocycles. The minimum atomic E-state index is -0.886. The molecular weight excluding hydrogens is 454 g/mol. The number of nitrogens with one attached hydrogen (secondary N) is 1. The summed E-state index contributed by atoms with van der Waals surface area (Å²) in [5.41, 5.74) is 3.01. The van der Waals surface area contributed by atoms with Gasteiger partial charge in [-0.15, -0.1) is 11.3 Å². The zero-order valence-corrected chi connectivity index (χ0v) is 19.5. The van der Waals surface area contributed by atoms with Crippen molar-refractivity contribution in [1.82, 2.24) is 0 Å². The zero-order chi connectivity index (χ0) is 24.2. The monoisotopic (exact) mass is 475 g/mol. The van der Waals surface area contributed by atoms with Crippen LogP contribution in [-0.2, 0) is 9.53 Å². The molecule has 0 aliphatic heterocycles. The summed E-state index contributed by atoms with van der Waals surface area (Å²) in [6.45, 7) is 3.95. The third-order valence-corrected chi connectivity index (χ3v) is 6.29. The summed E-state index contributed by atoms with van der Waals surface area (Å²) >= 11 is 1.34. The standard InChI is InChI=1S/C26H21NO6S/c1-15-4-10-20(16(2)12-15)23(29)25-24(21-11-9-19(31-3)13-22(21)34-25)33-18-7-5-17(6-8-18)27-26(30)32-14-28/h4-14H,1-3H3,(H,27,30). The highest BCUT2D eigenvalue weighted by Crippen LogP contribution is 2.43. The first-order valence-electron chi connectivity index (χ1n) is 10.3. The third-order valence-electron chi connectivity index (χ3n) is 5.16. The predicted octanol–water partition coefficient (Wildman–Crippen LogP) is 6.25. The number of anilines is 1. The van der Waals surface area contributed by atoms with E-state index >= 15 is 0 Å². The number of aryl methyl sites for hydroxylation is 2. The molecule has 0 aliphatic rings. The molecule has 1 aromatic heterocycles. The van der Waals surface area contributed by atoms with Gasteiger partial charge in [0.15, 0.2) is 5.75 Å². The zero-order valence-electron chi connectivity index (χ0n) is 18.7. The van der Waals surface area contributed by atoms with E-state index in [1.807, 2.05) is 50.2 Å². The second-order valence-corrected chi connectivity index (χ2v) is 8.58. The lowest BCUT2D eigenvalue weighted by atomic mass is 10.0. The van der Waals surface area contributed by atoms with Gasteiger partial charge in [0.1, 0.15) is 16.4 Å². The Morgan fingerprint density at radius 1 is 0.941 bits per heavy atom. The van der Waals surface area contributed by atoms with E-state index in [4.69, 9.17) is 9.47 Å². The highest BCUT2D eigenvalue weighted by Gasteiger charge is 2.23. The highest BCUT2D eigenvalue weighted by molar-refractivity contribution is 7.21. The molecule has 172 valence electrons. The molecule has 7 nitrogen and oxygen atoms in total. The second kappa shape index (κ2) is 9.76. The molecule has 0 unspecified atom stereocenters. The number of amides is 1. The van der Waals surface area contributed by atoms with E-state index in [-0.39, 0.29) is 12.3 Å². The molecule has 0 radical (unpaired) electrons. The van der Waals surface area contributed by atoms with Crippen LogP contribution in [0.5, 0.6) is 17.2 Å². The SMILES string of the molecule is COc1ccc2c(Oc3ccc(NC(=O)OC=O)cc3)c(C(=O)c3ccc(C)cc3C)sc2c1. The Morgan fingerprint density at radius 2 is 1.68 bits per heavy atom. The van der Waals surface area contributed by atoms with Crippen LogP contribution in [0, 0.1) is 13.8 Å². The Bertz CT molecular complexity index is 1390. The number of hydrogen-bond acceptors (Lipinski definition) is 7. The fourth-order valence-electron chi connectivity index (χ4n) is 3.54. The maximum atomic E-state index is 13.6. The fourth-order valence-corrected chi connectivity index (χ4v) is 4.65. The van der Waals surface area contributed by atoms with E-state index in [1.165, 1.54) is 11.3 Å². The van der Waals surface area contributed by atoms with E-state index in [0.29, 0.717) is 33.4 Å². The Labute approximate surface area is 199 Å². The van der Waals surface area contributed by atoms with Gasteiger partial charge in [-0.2, -0.15) is 0 Å². The van der Waals surface area contributed by atoms with Crippen molar-refractivity contribution in [2.75, 3.05) is 12.4 Å². The van der Waals surface area contributed by atoms with E-state index in [1.54, 1.807) is 31.4 Å². The Morgan fingerprint density at radius 3 is 2.35 bits per heavy atom. The molecule has 4 rings (SSSR count). The average molecular weight is 476 g/mol. The molecule has 34 heavy (non-hydrogen) atoms. The number of carbonyl (C=O) groups is 3. The number of benzene rings is 3. The minimum absolute atomic E-state index is 0.0534. The summed E-state index contributed by atoms with van der Waals surface area (Å²) in [7, 11) is 1.59. The molecular formula is C26H21NO6S. The molecule has 1 amide bonds. The van der Waals surface area contributed by atoms with Gasteiger partial charge in [-0.1, -0.05) is 23.8 Å². The van der Waals surface area contributed by atoms with Gasteiger partial charge in [0, 0.05) is 21.3 Å². The van der Waals surface area contributed by atoms with Crippen LogP contribution in [0.15, 0.2) is 60.7 Å². The van der Waals surface area contributed by atoms with Crippen LogP contribution in [-0.4, -0.2) is 25.5 Å². The average Bonchev–Trinajstić information content (AvgIpc) is 3.17. The Balaban J connectivity index is 1.72. The summed E-state index contributed by atoms with van der Waals surface area (Å²) < 4.78 is 16.6. The molecule has 0 spiro atoms. The Hall–Kier alpha value is -4.17. The number of ether oxygens (including phenoxy) is 3. The largest absolute Gasteiger partial charge is 0.497 e. The van der Waals surface area contributed by atoms with Crippen molar-refractivity contribution in [2.45, 2.75) is 13.8 Å². The van der Waals surface area contributed by atoms with Crippen molar-refractivity contribution in [2.24, 2.45) is 0 Å². The maximum absolute atomic E-state index is 13.6. The molecule has 3 aromatic carbocycles. The fraction of sp³-hybridized carbons (Fsp3) is 0.115. The van der Waals surface area contributed by atoms with E-state index in [9.17, 15) is 14.4 Å². The maximum Gasteiger partial charge on any atom is 0.419 e. The molecule has 8 heteroatoms. The van der Waals surface area contributed by atoms with Crippen LogP contribution in [0.1, 0.15) is 26.4 Å². The molecule has 4 aromatic rings. The van der Waals surface area contributed by atoms with E-state index < -0.39 is 6.09 Å². The minimum Gasteiger partial charge on any atom is -0.497 e. The number of rotatable bonds is 7. The van der Waals surface area contributed by atoms with Crippen LogP contribution < -0.4 is 14.8 Å². The number of carbonyl (C=O) groups excluding carboxylic acids is 3. The lowest BCUT2D eigenvalue weighted by molar-refractivity contribution is -0.122. The number of thiophene rings is 1. The van der Waals surface area contributed by atoms with Crippen molar-refractivity contribution in [1.29, 1.82) is 0 Å². The molecule has 0 saturated heterocycles. The normalized spacial score (nSPS) is 10.6. The van der Waals surface area contributed by atoms with Crippen LogP contribution in [0.2, 0.25) is 0 Å². The van der Waals surface area contributed by atoms with Crippen molar-refractivity contribution < 1.29 is 28.6 Å². The molecule has 0 bridgehead atoms. The van der Waals surface area contributed by atoms with Gasteiger partial charge in [-0.3, -0.25) is 14.9 Å². The molecule has 0 fully saturated rings. The van der Waals surface area contributed by atoms with Crippen LogP contribution in [0.25, 0.3) is 10.1 Å². The number of methoxy groups -OCH3 is 1. The van der Waals surface area contributed by atoms with Gasteiger partial charge in [-0.05, 0) is 61.9 Å². The Kier molecular flexibility index (Phi) is 6.60.